The maximum atomic E-state index is 4.15. The van der Waals surface area contributed by atoms with Crippen molar-refractivity contribution in [2.75, 3.05) is 6.54 Å². The standard InChI is InChI=1S/C8H18N2/c1-5-9-10-8(4)6-7(2)3/h7,9H,5-6H2,1-4H3. The van der Waals surface area contributed by atoms with E-state index in [2.05, 4.69) is 31.3 Å². The number of nitrogens with one attached hydrogen (secondary N) is 1. The number of hydrazone groups is 1. The van der Waals surface area contributed by atoms with Crippen molar-refractivity contribution < 1.29 is 0 Å². The Morgan fingerprint density at radius 1 is 1.50 bits per heavy atom. The lowest BCUT2D eigenvalue weighted by molar-refractivity contribution is 0.672. The molecule has 0 unspecified atom stereocenters. The zero-order chi connectivity index (χ0) is 7.98. The van der Waals surface area contributed by atoms with Crippen LogP contribution in [-0.4, -0.2) is 12.3 Å². The highest BCUT2D eigenvalue weighted by Gasteiger charge is 1.95. The number of hydrogen-bond donors (Lipinski definition) is 1. The summed E-state index contributed by atoms with van der Waals surface area (Å²) in [6, 6.07) is 0. The van der Waals surface area contributed by atoms with Gasteiger partial charge >= 0.3 is 0 Å². The van der Waals surface area contributed by atoms with Crippen LogP contribution in [0, 0.1) is 5.92 Å². The van der Waals surface area contributed by atoms with Crippen molar-refractivity contribution in [1.29, 1.82) is 0 Å². The smallest absolute Gasteiger partial charge is 0.0350 e. The molecule has 0 saturated carbocycles. The predicted octanol–water partition coefficient (Wildman–Crippen LogP) is 2.02. The Bertz CT molecular complexity index is 106. The molecule has 2 heteroatoms. The minimum absolute atomic E-state index is 0.711. The van der Waals surface area contributed by atoms with Gasteiger partial charge in [-0.05, 0) is 26.2 Å². The van der Waals surface area contributed by atoms with Gasteiger partial charge in [-0.15, -0.1) is 0 Å². The summed E-state index contributed by atoms with van der Waals surface area (Å²) in [7, 11) is 0. The molecular weight excluding hydrogens is 124 g/mol. The monoisotopic (exact) mass is 142 g/mol. The van der Waals surface area contributed by atoms with Crippen LogP contribution in [0.2, 0.25) is 0 Å². The van der Waals surface area contributed by atoms with Gasteiger partial charge in [0.1, 0.15) is 0 Å². The van der Waals surface area contributed by atoms with E-state index in [1.807, 2.05) is 6.92 Å². The van der Waals surface area contributed by atoms with Crippen LogP contribution in [0.25, 0.3) is 0 Å². The van der Waals surface area contributed by atoms with Crippen LogP contribution in [0.5, 0.6) is 0 Å². The molecule has 0 aliphatic heterocycles. The second-order valence-electron chi connectivity index (χ2n) is 2.96. The van der Waals surface area contributed by atoms with Crippen LogP contribution >= 0.6 is 0 Å². The van der Waals surface area contributed by atoms with Crippen molar-refractivity contribution >= 4 is 5.71 Å². The van der Waals surface area contributed by atoms with Gasteiger partial charge in [0.05, 0.1) is 0 Å². The van der Waals surface area contributed by atoms with E-state index in [1.165, 1.54) is 5.71 Å². The fourth-order valence-corrected chi connectivity index (χ4v) is 0.850. The first-order chi connectivity index (χ1) is 4.66. The average molecular weight is 142 g/mol. The molecule has 0 fully saturated rings. The van der Waals surface area contributed by atoms with Crippen molar-refractivity contribution in [3.05, 3.63) is 0 Å². The van der Waals surface area contributed by atoms with Gasteiger partial charge in [-0.3, -0.25) is 0 Å². The molecule has 10 heavy (non-hydrogen) atoms. The summed E-state index contributed by atoms with van der Waals surface area (Å²) in [5, 5.41) is 4.15. The first kappa shape index (κ1) is 9.47. The molecular formula is C8H18N2. The number of hydrogen-bond acceptors (Lipinski definition) is 2. The molecule has 1 N–H and O–H groups in total. The third-order valence-corrected chi connectivity index (χ3v) is 1.13. The van der Waals surface area contributed by atoms with Crippen LogP contribution in [0.4, 0.5) is 0 Å². The molecule has 0 aromatic rings. The fourth-order valence-electron chi connectivity index (χ4n) is 0.850. The highest BCUT2D eigenvalue weighted by molar-refractivity contribution is 5.81. The molecule has 0 aliphatic rings. The molecule has 0 spiro atoms. The zero-order valence-corrected chi connectivity index (χ0v) is 7.44. The Morgan fingerprint density at radius 2 is 2.10 bits per heavy atom. The summed E-state index contributed by atoms with van der Waals surface area (Å²) in [5.41, 5.74) is 4.13. The van der Waals surface area contributed by atoms with E-state index in [9.17, 15) is 0 Å². The summed E-state index contributed by atoms with van der Waals surface area (Å²) in [4.78, 5) is 0. The van der Waals surface area contributed by atoms with Crippen molar-refractivity contribution in [3.63, 3.8) is 0 Å². The Kier molecular flexibility index (Phi) is 4.99. The van der Waals surface area contributed by atoms with Gasteiger partial charge in [-0.25, -0.2) is 0 Å². The Hall–Kier alpha value is -0.530. The van der Waals surface area contributed by atoms with Gasteiger partial charge in [-0.1, -0.05) is 13.8 Å². The lowest BCUT2D eigenvalue weighted by Crippen LogP contribution is -2.08. The van der Waals surface area contributed by atoms with Crippen LogP contribution < -0.4 is 5.43 Å². The van der Waals surface area contributed by atoms with E-state index in [1.54, 1.807) is 0 Å². The number of nitrogens with zero attached hydrogens (tertiary/aromatic N) is 1. The van der Waals surface area contributed by atoms with E-state index in [-0.39, 0.29) is 0 Å². The van der Waals surface area contributed by atoms with Crippen LogP contribution in [-0.2, 0) is 0 Å². The number of rotatable bonds is 4. The molecule has 0 amide bonds. The van der Waals surface area contributed by atoms with Gasteiger partial charge in [0.2, 0.25) is 0 Å². The van der Waals surface area contributed by atoms with Gasteiger partial charge < -0.3 is 5.43 Å². The summed E-state index contributed by atoms with van der Waals surface area (Å²) < 4.78 is 0. The van der Waals surface area contributed by atoms with E-state index < -0.39 is 0 Å². The second-order valence-corrected chi connectivity index (χ2v) is 2.96. The SMILES string of the molecule is CCNN=C(C)CC(C)C. The Balaban J connectivity index is 3.49. The second kappa shape index (κ2) is 5.27. The highest BCUT2D eigenvalue weighted by Crippen LogP contribution is 1.99. The van der Waals surface area contributed by atoms with Crippen LogP contribution in [0.1, 0.15) is 34.1 Å². The average Bonchev–Trinajstić information content (AvgIpc) is 1.82. The van der Waals surface area contributed by atoms with Gasteiger partial charge in [-0.2, -0.15) is 5.10 Å². The quantitative estimate of drug-likeness (QED) is 0.471. The van der Waals surface area contributed by atoms with Gasteiger partial charge in [0, 0.05) is 12.3 Å². The molecule has 0 aromatic heterocycles. The van der Waals surface area contributed by atoms with Crippen molar-refractivity contribution in [2.45, 2.75) is 34.1 Å². The van der Waals surface area contributed by atoms with Crippen LogP contribution in [0.15, 0.2) is 5.10 Å². The van der Waals surface area contributed by atoms with Crippen molar-refractivity contribution in [2.24, 2.45) is 11.0 Å². The Labute approximate surface area is 63.7 Å². The molecule has 0 aliphatic carbocycles. The summed E-state index contributed by atoms with van der Waals surface area (Å²) in [6.45, 7) is 9.42. The molecule has 0 atom stereocenters. The molecule has 2 nitrogen and oxygen atoms in total. The summed E-state index contributed by atoms with van der Waals surface area (Å²) in [5.74, 6) is 0.711. The van der Waals surface area contributed by atoms with Crippen molar-refractivity contribution in [3.8, 4) is 0 Å². The van der Waals surface area contributed by atoms with E-state index in [0.717, 1.165) is 13.0 Å². The minimum Gasteiger partial charge on any atom is -0.310 e. The van der Waals surface area contributed by atoms with Gasteiger partial charge in [0.15, 0.2) is 0 Å². The van der Waals surface area contributed by atoms with Crippen LogP contribution in [0.3, 0.4) is 0 Å². The minimum atomic E-state index is 0.711. The van der Waals surface area contributed by atoms with E-state index in [4.69, 9.17) is 0 Å². The first-order valence-corrected chi connectivity index (χ1v) is 3.92. The summed E-state index contributed by atoms with van der Waals surface area (Å²) >= 11 is 0. The molecule has 0 aromatic carbocycles. The topological polar surface area (TPSA) is 24.4 Å². The fraction of sp³-hybridized carbons (Fsp3) is 0.875. The lowest BCUT2D eigenvalue weighted by Gasteiger charge is -2.03. The van der Waals surface area contributed by atoms with Crippen molar-refractivity contribution in [1.82, 2.24) is 5.43 Å². The maximum Gasteiger partial charge on any atom is 0.0350 e. The lowest BCUT2D eigenvalue weighted by atomic mass is 10.1. The third-order valence-electron chi connectivity index (χ3n) is 1.13. The van der Waals surface area contributed by atoms with Gasteiger partial charge in [0.25, 0.3) is 0 Å². The first-order valence-electron chi connectivity index (χ1n) is 3.92. The summed E-state index contributed by atoms with van der Waals surface area (Å²) in [6.07, 6.45) is 1.09. The molecule has 0 rings (SSSR count). The molecule has 0 bridgehead atoms. The maximum absolute atomic E-state index is 4.15. The normalized spacial score (nSPS) is 12.3. The Morgan fingerprint density at radius 3 is 2.50 bits per heavy atom. The molecule has 0 heterocycles. The van der Waals surface area contributed by atoms with E-state index >= 15 is 0 Å². The molecule has 0 saturated heterocycles. The van der Waals surface area contributed by atoms with E-state index in [0.29, 0.717) is 5.92 Å². The predicted molar refractivity (Wildman–Crippen MR) is 46.2 cm³/mol. The highest BCUT2D eigenvalue weighted by atomic mass is 15.3. The molecule has 0 radical (unpaired) electrons. The zero-order valence-electron chi connectivity index (χ0n) is 7.44. The largest absolute Gasteiger partial charge is 0.310 e. The molecule has 60 valence electrons. The third kappa shape index (κ3) is 5.60.